The lowest BCUT2D eigenvalue weighted by atomic mass is 10.1. The van der Waals surface area contributed by atoms with Crippen LogP contribution in [0.15, 0.2) is 12.1 Å². The van der Waals surface area contributed by atoms with E-state index >= 15 is 0 Å². The first-order valence-electron chi connectivity index (χ1n) is 3.95. The maximum atomic E-state index is 13.1. The zero-order chi connectivity index (χ0) is 10.7. The maximum absolute atomic E-state index is 13.1. The highest BCUT2D eigenvalue weighted by Gasteiger charge is 2.17. The van der Waals surface area contributed by atoms with Crippen LogP contribution in [0.3, 0.4) is 0 Å². The number of hydrogen-bond acceptors (Lipinski definition) is 2. The third-order valence-electron chi connectivity index (χ3n) is 1.76. The molecule has 0 heterocycles. The Balaban J connectivity index is 3.07. The van der Waals surface area contributed by atoms with Crippen molar-refractivity contribution in [1.82, 2.24) is 0 Å². The van der Waals surface area contributed by atoms with Gasteiger partial charge in [0.1, 0.15) is 17.5 Å². The molecule has 0 bridgehead atoms. The summed E-state index contributed by atoms with van der Waals surface area (Å²) in [6.45, 7) is -0.0283. The SMILES string of the molecule is COC[C@H](N)c1c(F)cc(F)cc1F. The van der Waals surface area contributed by atoms with Crippen LogP contribution in [0.2, 0.25) is 0 Å². The lowest BCUT2D eigenvalue weighted by molar-refractivity contribution is 0.178. The topological polar surface area (TPSA) is 35.2 Å². The molecule has 0 unspecified atom stereocenters. The van der Waals surface area contributed by atoms with Gasteiger partial charge in [-0.1, -0.05) is 0 Å². The monoisotopic (exact) mass is 205 g/mol. The van der Waals surface area contributed by atoms with Crippen LogP contribution in [0.4, 0.5) is 13.2 Å². The van der Waals surface area contributed by atoms with Gasteiger partial charge in [0.05, 0.1) is 12.6 Å². The molecule has 14 heavy (non-hydrogen) atoms. The van der Waals surface area contributed by atoms with E-state index in [9.17, 15) is 13.2 Å². The van der Waals surface area contributed by atoms with Crippen molar-refractivity contribution < 1.29 is 17.9 Å². The number of benzene rings is 1. The Labute approximate surface area is 79.5 Å². The minimum atomic E-state index is -0.993. The van der Waals surface area contributed by atoms with E-state index in [1.54, 1.807) is 0 Å². The molecule has 0 aliphatic heterocycles. The van der Waals surface area contributed by atoms with Crippen LogP contribution in [0.1, 0.15) is 11.6 Å². The van der Waals surface area contributed by atoms with E-state index in [1.807, 2.05) is 0 Å². The highest BCUT2D eigenvalue weighted by Crippen LogP contribution is 2.20. The summed E-state index contributed by atoms with van der Waals surface area (Å²) in [5.74, 6) is -2.95. The number of rotatable bonds is 3. The summed E-state index contributed by atoms with van der Waals surface area (Å²) in [5.41, 5.74) is 5.08. The maximum Gasteiger partial charge on any atom is 0.133 e. The molecular formula is C9H10F3NO. The molecule has 0 amide bonds. The van der Waals surface area contributed by atoms with Crippen molar-refractivity contribution in [3.8, 4) is 0 Å². The first kappa shape index (κ1) is 11.0. The summed E-state index contributed by atoms with van der Waals surface area (Å²) >= 11 is 0. The lowest BCUT2D eigenvalue weighted by Crippen LogP contribution is -2.19. The standard InChI is InChI=1S/C9H10F3NO/c1-14-4-8(13)9-6(11)2-5(10)3-7(9)12/h2-3,8H,4,13H2,1H3/t8-/m0/s1. The molecule has 0 fully saturated rings. The molecule has 2 nitrogen and oxygen atoms in total. The van der Waals surface area contributed by atoms with Crippen LogP contribution < -0.4 is 5.73 Å². The van der Waals surface area contributed by atoms with E-state index in [0.29, 0.717) is 12.1 Å². The normalized spacial score (nSPS) is 12.9. The van der Waals surface area contributed by atoms with Crippen LogP contribution in [-0.2, 0) is 4.74 Å². The molecular weight excluding hydrogens is 195 g/mol. The average Bonchev–Trinajstić information content (AvgIpc) is 2.01. The van der Waals surface area contributed by atoms with Crippen molar-refractivity contribution >= 4 is 0 Å². The van der Waals surface area contributed by atoms with Crippen LogP contribution in [-0.4, -0.2) is 13.7 Å². The Kier molecular flexibility index (Phi) is 3.49. The third kappa shape index (κ3) is 2.24. The van der Waals surface area contributed by atoms with Crippen molar-refractivity contribution in [2.75, 3.05) is 13.7 Å². The lowest BCUT2D eigenvalue weighted by Gasteiger charge is -2.12. The Morgan fingerprint density at radius 1 is 1.29 bits per heavy atom. The molecule has 0 spiro atoms. The van der Waals surface area contributed by atoms with Gasteiger partial charge in [0.25, 0.3) is 0 Å². The van der Waals surface area contributed by atoms with E-state index in [0.717, 1.165) is 0 Å². The number of halogens is 3. The Bertz CT molecular complexity index is 307. The van der Waals surface area contributed by atoms with E-state index in [2.05, 4.69) is 4.74 Å². The molecule has 5 heteroatoms. The molecule has 0 aliphatic rings. The molecule has 0 aromatic heterocycles. The second-order valence-corrected chi connectivity index (χ2v) is 2.84. The fourth-order valence-electron chi connectivity index (χ4n) is 1.17. The summed E-state index contributed by atoms with van der Waals surface area (Å²) in [7, 11) is 1.36. The van der Waals surface area contributed by atoms with Crippen LogP contribution in [0, 0.1) is 17.5 Å². The highest BCUT2D eigenvalue weighted by atomic mass is 19.1. The number of hydrogen-bond donors (Lipinski definition) is 1. The van der Waals surface area contributed by atoms with Gasteiger partial charge in [-0.15, -0.1) is 0 Å². The fourth-order valence-corrected chi connectivity index (χ4v) is 1.17. The van der Waals surface area contributed by atoms with Gasteiger partial charge in [-0.25, -0.2) is 13.2 Å². The smallest absolute Gasteiger partial charge is 0.133 e. The van der Waals surface area contributed by atoms with Gasteiger partial charge in [0, 0.05) is 24.8 Å². The molecule has 1 rings (SSSR count). The largest absolute Gasteiger partial charge is 0.383 e. The molecule has 1 atom stereocenters. The molecule has 2 N–H and O–H groups in total. The summed E-state index contributed by atoms with van der Waals surface area (Å²) in [5, 5.41) is 0. The van der Waals surface area contributed by atoms with Crippen LogP contribution in [0.5, 0.6) is 0 Å². The minimum Gasteiger partial charge on any atom is -0.383 e. The zero-order valence-corrected chi connectivity index (χ0v) is 7.56. The van der Waals surface area contributed by atoms with Crippen molar-refractivity contribution in [3.63, 3.8) is 0 Å². The Morgan fingerprint density at radius 2 is 1.79 bits per heavy atom. The van der Waals surface area contributed by atoms with Gasteiger partial charge in [0.2, 0.25) is 0 Å². The molecule has 0 saturated heterocycles. The van der Waals surface area contributed by atoms with E-state index in [4.69, 9.17) is 5.73 Å². The second-order valence-electron chi connectivity index (χ2n) is 2.84. The molecule has 0 radical (unpaired) electrons. The Hall–Kier alpha value is -1.07. The predicted octanol–water partition coefficient (Wildman–Crippen LogP) is 1.75. The zero-order valence-electron chi connectivity index (χ0n) is 7.56. The quantitative estimate of drug-likeness (QED) is 0.815. The number of nitrogens with two attached hydrogens (primary N) is 1. The van der Waals surface area contributed by atoms with E-state index < -0.39 is 23.5 Å². The van der Waals surface area contributed by atoms with Gasteiger partial charge >= 0.3 is 0 Å². The van der Waals surface area contributed by atoms with Gasteiger partial charge in [-0.05, 0) is 0 Å². The summed E-state index contributed by atoms with van der Waals surface area (Å²) in [6, 6.07) is 0.252. The fraction of sp³-hybridized carbons (Fsp3) is 0.333. The molecule has 1 aromatic rings. The second kappa shape index (κ2) is 4.43. The molecule has 0 saturated carbocycles. The van der Waals surface area contributed by atoms with Crippen molar-refractivity contribution in [1.29, 1.82) is 0 Å². The van der Waals surface area contributed by atoms with Gasteiger partial charge in [-0.2, -0.15) is 0 Å². The molecule has 0 aliphatic carbocycles. The molecule has 78 valence electrons. The first-order valence-corrected chi connectivity index (χ1v) is 3.95. The van der Waals surface area contributed by atoms with Gasteiger partial charge < -0.3 is 10.5 Å². The van der Waals surface area contributed by atoms with Crippen molar-refractivity contribution in [2.24, 2.45) is 5.73 Å². The van der Waals surface area contributed by atoms with Gasteiger partial charge in [-0.3, -0.25) is 0 Å². The van der Waals surface area contributed by atoms with Crippen molar-refractivity contribution in [2.45, 2.75) is 6.04 Å². The predicted molar refractivity (Wildman–Crippen MR) is 45.1 cm³/mol. The summed E-state index contributed by atoms with van der Waals surface area (Å²) in [4.78, 5) is 0. The number of ether oxygens (including phenoxy) is 1. The Morgan fingerprint density at radius 3 is 2.21 bits per heavy atom. The minimum absolute atomic E-state index is 0.0283. The van der Waals surface area contributed by atoms with E-state index in [-0.39, 0.29) is 12.2 Å². The summed E-state index contributed by atoms with van der Waals surface area (Å²) < 4.78 is 43.3. The van der Waals surface area contributed by atoms with E-state index in [1.165, 1.54) is 7.11 Å². The number of methoxy groups -OCH3 is 1. The van der Waals surface area contributed by atoms with Crippen LogP contribution in [0.25, 0.3) is 0 Å². The van der Waals surface area contributed by atoms with Crippen LogP contribution >= 0.6 is 0 Å². The highest BCUT2D eigenvalue weighted by molar-refractivity contribution is 5.24. The summed E-state index contributed by atoms with van der Waals surface area (Å²) in [6.07, 6.45) is 0. The van der Waals surface area contributed by atoms with Crippen molar-refractivity contribution in [3.05, 3.63) is 35.1 Å². The molecule has 1 aromatic carbocycles. The third-order valence-corrected chi connectivity index (χ3v) is 1.76. The van der Waals surface area contributed by atoms with Gasteiger partial charge in [0.15, 0.2) is 0 Å². The first-order chi connectivity index (χ1) is 6.56. The average molecular weight is 205 g/mol.